The molecule has 2 heterocycles. The molecule has 2 aromatic carbocycles. The summed E-state index contributed by atoms with van der Waals surface area (Å²) in [6, 6.07) is 21.2. The van der Waals surface area contributed by atoms with Gasteiger partial charge in [0.1, 0.15) is 0 Å². The van der Waals surface area contributed by atoms with Crippen LogP contribution >= 0.6 is 22.9 Å². The minimum absolute atomic E-state index is 0.00201. The van der Waals surface area contributed by atoms with Crippen molar-refractivity contribution in [3.05, 3.63) is 87.6 Å². The zero-order chi connectivity index (χ0) is 23.0. The molecule has 1 saturated heterocycles. The Kier molecular flexibility index (Phi) is 8.12. The number of nitrogens with zero attached hydrogens (tertiary/aromatic N) is 2. The minimum Gasteiger partial charge on any atom is -0.343 e. The largest absolute Gasteiger partial charge is 0.343 e. The lowest BCUT2D eigenvalue weighted by atomic mass is 10.1. The number of amides is 2. The van der Waals surface area contributed by atoms with Gasteiger partial charge in [-0.05, 0) is 29.1 Å². The number of carbonyl (C=O) groups is 2. The molecule has 4 rings (SSSR count). The maximum Gasteiger partial charge on any atom is 0.238 e. The van der Waals surface area contributed by atoms with Crippen molar-refractivity contribution in [1.82, 2.24) is 15.1 Å². The Morgan fingerprint density at radius 2 is 1.48 bits per heavy atom. The van der Waals surface area contributed by atoms with Crippen LogP contribution in [-0.2, 0) is 9.59 Å². The molecule has 2 amide bonds. The van der Waals surface area contributed by atoms with E-state index in [0.29, 0.717) is 23.8 Å². The molecule has 2 N–H and O–H groups in total. The van der Waals surface area contributed by atoms with Gasteiger partial charge in [-0.3, -0.25) is 19.4 Å². The van der Waals surface area contributed by atoms with Crippen LogP contribution in [0, 0.1) is 0 Å². The fraction of sp³-hybridized carbons (Fsp3) is 0.280. The monoisotopic (exact) mass is 482 g/mol. The van der Waals surface area contributed by atoms with Crippen molar-refractivity contribution in [3.8, 4) is 0 Å². The summed E-state index contributed by atoms with van der Waals surface area (Å²) in [7, 11) is 0. The standard InChI is InChI=1S/C25H27ClN4O2S/c26-20-9-4-5-10-21(20)27-23(31)17-29-12-14-30(15-13-29)18-24(32)28-25(22-11-6-16-33-22)19-7-2-1-3-8-19/h1-11,16,25H,12-15,17-18H2,(H,27,31)(H,28,32)/t25-/m0/s1. The van der Waals surface area contributed by atoms with Crippen LogP contribution in [0.15, 0.2) is 72.1 Å². The highest BCUT2D eigenvalue weighted by molar-refractivity contribution is 7.10. The van der Waals surface area contributed by atoms with Crippen molar-refractivity contribution >= 4 is 40.4 Å². The molecule has 172 valence electrons. The van der Waals surface area contributed by atoms with Gasteiger partial charge in [0, 0.05) is 31.1 Å². The normalized spacial score (nSPS) is 15.7. The number of anilines is 1. The van der Waals surface area contributed by atoms with Crippen molar-refractivity contribution in [2.24, 2.45) is 0 Å². The fourth-order valence-electron chi connectivity index (χ4n) is 3.89. The Morgan fingerprint density at radius 3 is 2.12 bits per heavy atom. The number of nitrogens with one attached hydrogen (secondary N) is 2. The Bertz CT molecular complexity index is 1050. The molecule has 0 aliphatic carbocycles. The van der Waals surface area contributed by atoms with Crippen LogP contribution in [0.25, 0.3) is 0 Å². The second-order valence-electron chi connectivity index (χ2n) is 8.01. The molecule has 0 saturated carbocycles. The first-order chi connectivity index (χ1) is 16.1. The maximum absolute atomic E-state index is 12.8. The third-order valence-electron chi connectivity index (χ3n) is 5.61. The molecule has 0 radical (unpaired) electrons. The van der Waals surface area contributed by atoms with Crippen molar-refractivity contribution in [1.29, 1.82) is 0 Å². The summed E-state index contributed by atoms with van der Waals surface area (Å²) < 4.78 is 0. The lowest BCUT2D eigenvalue weighted by molar-refractivity contribution is -0.124. The predicted molar refractivity (Wildman–Crippen MR) is 134 cm³/mol. The molecular weight excluding hydrogens is 456 g/mol. The fourth-order valence-corrected chi connectivity index (χ4v) is 4.88. The Labute approximate surface area is 203 Å². The Hall–Kier alpha value is -2.71. The number of piperazine rings is 1. The first-order valence-corrected chi connectivity index (χ1v) is 12.2. The minimum atomic E-state index is -0.145. The molecule has 1 aromatic heterocycles. The molecule has 1 aliphatic rings. The predicted octanol–water partition coefficient (Wildman–Crippen LogP) is 3.86. The SMILES string of the molecule is O=C(CN1CCN(CC(=O)N[C@@H](c2ccccc2)c2cccs2)CC1)Nc1ccccc1Cl. The van der Waals surface area contributed by atoms with Gasteiger partial charge in [0.05, 0.1) is 29.8 Å². The van der Waals surface area contributed by atoms with Gasteiger partial charge < -0.3 is 10.6 Å². The maximum atomic E-state index is 12.8. The van der Waals surface area contributed by atoms with Crippen LogP contribution in [0.1, 0.15) is 16.5 Å². The van der Waals surface area contributed by atoms with Crippen LogP contribution in [0.4, 0.5) is 5.69 Å². The summed E-state index contributed by atoms with van der Waals surface area (Å²) in [5.74, 6) is -0.0851. The van der Waals surface area contributed by atoms with E-state index in [-0.39, 0.29) is 17.9 Å². The summed E-state index contributed by atoms with van der Waals surface area (Å²) in [6.45, 7) is 3.59. The lowest BCUT2D eigenvalue weighted by Crippen LogP contribution is -2.51. The summed E-state index contributed by atoms with van der Waals surface area (Å²) >= 11 is 7.75. The second kappa shape index (κ2) is 11.4. The summed E-state index contributed by atoms with van der Waals surface area (Å²) in [5, 5.41) is 8.61. The van der Waals surface area contributed by atoms with Crippen LogP contribution in [0.3, 0.4) is 0 Å². The van der Waals surface area contributed by atoms with E-state index in [1.165, 1.54) is 0 Å². The van der Waals surface area contributed by atoms with Crippen molar-refractivity contribution < 1.29 is 9.59 Å². The summed E-state index contributed by atoms with van der Waals surface area (Å²) in [5.41, 5.74) is 1.70. The van der Waals surface area contributed by atoms with Gasteiger partial charge in [0.15, 0.2) is 0 Å². The van der Waals surface area contributed by atoms with E-state index in [1.807, 2.05) is 53.9 Å². The number of rotatable bonds is 8. The zero-order valence-electron chi connectivity index (χ0n) is 18.2. The lowest BCUT2D eigenvalue weighted by Gasteiger charge is -2.34. The average Bonchev–Trinajstić information content (AvgIpc) is 3.36. The molecular formula is C25H27ClN4O2S. The van der Waals surface area contributed by atoms with E-state index in [2.05, 4.69) is 26.5 Å². The molecule has 6 nitrogen and oxygen atoms in total. The molecule has 8 heteroatoms. The van der Waals surface area contributed by atoms with E-state index < -0.39 is 0 Å². The first kappa shape index (κ1) is 23.4. The van der Waals surface area contributed by atoms with Crippen LogP contribution in [-0.4, -0.2) is 60.9 Å². The highest BCUT2D eigenvalue weighted by atomic mass is 35.5. The number of para-hydroxylation sites is 1. The topological polar surface area (TPSA) is 64.7 Å². The summed E-state index contributed by atoms with van der Waals surface area (Å²) in [6.07, 6.45) is 0. The van der Waals surface area contributed by atoms with E-state index in [1.54, 1.807) is 23.5 Å². The van der Waals surface area contributed by atoms with E-state index in [9.17, 15) is 9.59 Å². The molecule has 1 atom stereocenters. The Morgan fingerprint density at radius 1 is 0.848 bits per heavy atom. The molecule has 1 aliphatic heterocycles. The number of hydrogen-bond donors (Lipinski definition) is 2. The van der Waals surface area contributed by atoms with E-state index in [0.717, 1.165) is 36.6 Å². The van der Waals surface area contributed by atoms with E-state index >= 15 is 0 Å². The highest BCUT2D eigenvalue weighted by Crippen LogP contribution is 2.26. The first-order valence-electron chi connectivity index (χ1n) is 11.0. The number of hydrogen-bond acceptors (Lipinski definition) is 5. The molecule has 0 unspecified atom stereocenters. The van der Waals surface area contributed by atoms with Gasteiger partial charge in [-0.1, -0.05) is 60.1 Å². The quantitative estimate of drug-likeness (QED) is 0.511. The summed E-state index contributed by atoms with van der Waals surface area (Å²) in [4.78, 5) is 30.6. The van der Waals surface area contributed by atoms with Crippen molar-refractivity contribution in [2.75, 3.05) is 44.6 Å². The highest BCUT2D eigenvalue weighted by Gasteiger charge is 2.23. The van der Waals surface area contributed by atoms with Gasteiger partial charge in [0.2, 0.25) is 11.8 Å². The number of thiophene rings is 1. The number of halogens is 1. The zero-order valence-corrected chi connectivity index (χ0v) is 19.8. The smallest absolute Gasteiger partial charge is 0.238 e. The van der Waals surface area contributed by atoms with Crippen LogP contribution < -0.4 is 10.6 Å². The number of carbonyl (C=O) groups excluding carboxylic acids is 2. The second-order valence-corrected chi connectivity index (χ2v) is 9.39. The van der Waals surface area contributed by atoms with Gasteiger partial charge in [-0.25, -0.2) is 0 Å². The third kappa shape index (κ3) is 6.65. The van der Waals surface area contributed by atoms with Crippen LogP contribution in [0.2, 0.25) is 5.02 Å². The van der Waals surface area contributed by atoms with Crippen LogP contribution in [0.5, 0.6) is 0 Å². The molecule has 0 bridgehead atoms. The third-order valence-corrected chi connectivity index (χ3v) is 6.88. The average molecular weight is 483 g/mol. The van der Waals surface area contributed by atoms with Crippen molar-refractivity contribution in [2.45, 2.75) is 6.04 Å². The Balaban J connectivity index is 1.25. The van der Waals surface area contributed by atoms with E-state index in [4.69, 9.17) is 11.6 Å². The number of benzene rings is 2. The molecule has 1 fully saturated rings. The van der Waals surface area contributed by atoms with Crippen molar-refractivity contribution in [3.63, 3.8) is 0 Å². The van der Waals surface area contributed by atoms with Gasteiger partial charge >= 0.3 is 0 Å². The molecule has 0 spiro atoms. The van der Waals surface area contributed by atoms with Gasteiger partial charge in [-0.15, -0.1) is 11.3 Å². The van der Waals surface area contributed by atoms with Gasteiger partial charge in [-0.2, -0.15) is 0 Å². The molecule has 33 heavy (non-hydrogen) atoms. The van der Waals surface area contributed by atoms with Gasteiger partial charge in [0.25, 0.3) is 0 Å². The molecule has 3 aromatic rings.